The van der Waals surface area contributed by atoms with Crippen molar-refractivity contribution in [2.24, 2.45) is 0 Å². The number of benzene rings is 2. The Bertz CT molecular complexity index is 1400. The van der Waals surface area contributed by atoms with E-state index >= 15 is 0 Å². The lowest BCUT2D eigenvalue weighted by Crippen LogP contribution is -2.46. The van der Waals surface area contributed by atoms with Crippen molar-refractivity contribution >= 4 is 50.3 Å². The summed E-state index contributed by atoms with van der Waals surface area (Å²) < 4.78 is 1.18. The van der Waals surface area contributed by atoms with Crippen molar-refractivity contribution in [1.29, 1.82) is 0 Å². The fraction of sp³-hybridized carbons (Fsp3) is 0.308. The second kappa shape index (κ2) is 8.81. The number of imide groups is 1. The predicted octanol–water partition coefficient (Wildman–Crippen LogP) is 3.65. The van der Waals surface area contributed by atoms with Crippen molar-refractivity contribution in [3.05, 3.63) is 65.3 Å². The number of aromatic amines is 1. The van der Waals surface area contributed by atoms with Crippen molar-refractivity contribution < 1.29 is 14.4 Å². The van der Waals surface area contributed by atoms with Crippen LogP contribution < -0.4 is 5.32 Å². The first kappa shape index (κ1) is 21.8. The zero-order chi connectivity index (χ0) is 23.9. The molecule has 4 amide bonds. The summed E-state index contributed by atoms with van der Waals surface area (Å²) in [5.41, 5.74) is 2.97. The van der Waals surface area contributed by atoms with Gasteiger partial charge < -0.3 is 15.2 Å². The summed E-state index contributed by atoms with van der Waals surface area (Å²) in [5.74, 6) is -0.212. The largest absolute Gasteiger partial charge is 0.361 e. The van der Waals surface area contributed by atoms with Gasteiger partial charge in [0.25, 0.3) is 5.91 Å². The molecule has 1 atom stereocenters. The van der Waals surface area contributed by atoms with E-state index in [0.29, 0.717) is 25.4 Å². The van der Waals surface area contributed by atoms with Gasteiger partial charge in [-0.05, 0) is 36.6 Å². The number of thiazole rings is 1. The van der Waals surface area contributed by atoms with E-state index in [1.54, 1.807) is 16.2 Å². The number of nitrogens with one attached hydrogen (secondary N) is 2. The number of rotatable bonds is 5. The first-order valence-electron chi connectivity index (χ1n) is 11.9. The molecule has 0 unspecified atom stereocenters. The zero-order valence-corrected chi connectivity index (χ0v) is 19.9. The van der Waals surface area contributed by atoms with Gasteiger partial charge in [-0.15, -0.1) is 11.3 Å². The number of aromatic nitrogens is 2. The quantitative estimate of drug-likeness (QED) is 0.420. The molecule has 0 saturated carbocycles. The van der Waals surface area contributed by atoms with E-state index in [1.165, 1.54) is 4.70 Å². The van der Waals surface area contributed by atoms with Crippen LogP contribution >= 0.6 is 11.3 Å². The number of carbonyl (C=O) groups excluding carboxylic acids is 3. The van der Waals surface area contributed by atoms with Crippen LogP contribution in [0.2, 0.25) is 0 Å². The van der Waals surface area contributed by atoms with Crippen LogP contribution in [0.15, 0.2) is 54.7 Å². The number of piperidine rings is 1. The van der Waals surface area contributed by atoms with E-state index in [1.807, 2.05) is 48.7 Å². The monoisotopic (exact) mass is 487 g/mol. The molecule has 0 spiro atoms. The number of para-hydroxylation sites is 2. The van der Waals surface area contributed by atoms with Crippen LogP contribution in [0.3, 0.4) is 0 Å². The van der Waals surface area contributed by atoms with Gasteiger partial charge in [-0.2, -0.15) is 0 Å². The van der Waals surface area contributed by atoms with Crippen molar-refractivity contribution in [1.82, 2.24) is 25.1 Å². The molecule has 2 aliphatic rings. The van der Waals surface area contributed by atoms with Gasteiger partial charge in [-0.25, -0.2) is 9.78 Å². The predicted molar refractivity (Wildman–Crippen MR) is 134 cm³/mol. The van der Waals surface area contributed by atoms with Crippen LogP contribution in [0.1, 0.15) is 29.3 Å². The Labute approximate surface area is 205 Å². The Morgan fingerprint density at radius 3 is 2.66 bits per heavy atom. The van der Waals surface area contributed by atoms with Crippen molar-refractivity contribution in [2.45, 2.75) is 31.2 Å². The Morgan fingerprint density at radius 2 is 1.83 bits per heavy atom. The van der Waals surface area contributed by atoms with Crippen molar-refractivity contribution in [2.75, 3.05) is 19.6 Å². The molecule has 2 saturated heterocycles. The molecule has 6 rings (SSSR count). The molecular formula is C26H25N5O3S. The third-order valence-electron chi connectivity index (χ3n) is 7.01. The van der Waals surface area contributed by atoms with E-state index in [4.69, 9.17) is 4.98 Å². The molecule has 178 valence electrons. The Hall–Kier alpha value is -3.72. The molecule has 2 aromatic heterocycles. The Kier molecular flexibility index (Phi) is 5.49. The number of carbonyl (C=O) groups is 3. The number of amides is 4. The Morgan fingerprint density at radius 1 is 1.06 bits per heavy atom. The lowest BCUT2D eigenvalue weighted by Gasteiger charge is -2.31. The maximum absolute atomic E-state index is 13.0. The molecule has 2 fully saturated rings. The lowest BCUT2D eigenvalue weighted by atomic mass is 9.97. The maximum Gasteiger partial charge on any atom is 0.325 e. The highest BCUT2D eigenvalue weighted by molar-refractivity contribution is 7.18. The third-order valence-corrected chi connectivity index (χ3v) is 8.21. The fourth-order valence-electron chi connectivity index (χ4n) is 5.06. The molecule has 2 aliphatic heterocycles. The molecule has 2 aromatic carbocycles. The van der Waals surface area contributed by atoms with Crippen LogP contribution in [0, 0.1) is 0 Å². The smallest absolute Gasteiger partial charge is 0.325 e. The molecule has 8 nitrogen and oxygen atoms in total. The fourth-order valence-corrected chi connectivity index (χ4v) is 6.20. The van der Waals surface area contributed by atoms with E-state index < -0.39 is 12.1 Å². The summed E-state index contributed by atoms with van der Waals surface area (Å²) in [6, 6.07) is 14.8. The summed E-state index contributed by atoms with van der Waals surface area (Å²) in [6.45, 7) is 0.977. The number of urea groups is 1. The number of hydrogen-bond acceptors (Lipinski definition) is 5. The van der Waals surface area contributed by atoms with Gasteiger partial charge in [0.1, 0.15) is 12.6 Å². The number of fused-ring (bicyclic) bond motifs is 2. The van der Waals surface area contributed by atoms with E-state index in [9.17, 15) is 14.4 Å². The van der Waals surface area contributed by atoms with Gasteiger partial charge in [-0.1, -0.05) is 30.3 Å². The van der Waals surface area contributed by atoms with Crippen LogP contribution in [-0.4, -0.2) is 63.3 Å². The highest BCUT2D eigenvalue weighted by Crippen LogP contribution is 2.34. The number of likely N-dealkylation sites (tertiary alicyclic amines) is 1. The summed E-state index contributed by atoms with van der Waals surface area (Å²) in [5, 5.41) is 4.90. The molecule has 4 aromatic rings. The molecule has 0 bridgehead atoms. The van der Waals surface area contributed by atoms with Gasteiger partial charge >= 0.3 is 6.03 Å². The summed E-state index contributed by atoms with van der Waals surface area (Å²) in [6.07, 6.45) is 3.91. The number of H-pyrrole nitrogens is 1. The standard InChI is InChI=1S/C26H25N5O3S/c32-23(30-11-9-16(10-12-30)24-28-20-7-3-4-8-22(20)35-24)15-31-25(33)21(29-26(31)34)13-17-14-27-19-6-2-1-5-18(17)19/h1-8,14,16,21,27H,9-13,15H2,(H,29,34)/t21-/m1/s1. The molecule has 2 N–H and O–H groups in total. The SMILES string of the molecule is O=C(CN1C(=O)N[C@H](Cc2c[nH]c3ccccc23)C1=O)N1CCC(c2nc3ccccc3s2)CC1. The van der Waals surface area contributed by atoms with Crippen molar-refractivity contribution in [3.8, 4) is 0 Å². The van der Waals surface area contributed by atoms with Crippen LogP contribution in [0.5, 0.6) is 0 Å². The minimum atomic E-state index is -0.667. The maximum atomic E-state index is 13.0. The van der Waals surface area contributed by atoms with Gasteiger partial charge in [0, 0.05) is 42.5 Å². The molecule has 35 heavy (non-hydrogen) atoms. The lowest BCUT2D eigenvalue weighted by molar-refractivity contribution is -0.138. The topological polar surface area (TPSA) is 98.4 Å². The van der Waals surface area contributed by atoms with Crippen LogP contribution in [0.4, 0.5) is 4.79 Å². The third kappa shape index (κ3) is 4.05. The van der Waals surface area contributed by atoms with Gasteiger partial charge in [0.05, 0.1) is 15.2 Å². The average Bonchev–Trinajstić information content (AvgIpc) is 3.57. The highest BCUT2D eigenvalue weighted by Gasteiger charge is 2.40. The number of nitrogens with zero attached hydrogens (tertiary/aromatic N) is 3. The molecule has 9 heteroatoms. The van der Waals surface area contributed by atoms with Crippen LogP contribution in [-0.2, 0) is 16.0 Å². The normalized spacial score (nSPS) is 19.1. The second-order valence-corrected chi connectivity index (χ2v) is 10.2. The first-order valence-corrected chi connectivity index (χ1v) is 12.7. The molecule has 4 heterocycles. The van der Waals surface area contributed by atoms with Crippen molar-refractivity contribution in [3.63, 3.8) is 0 Å². The van der Waals surface area contributed by atoms with E-state index in [0.717, 1.165) is 44.7 Å². The van der Waals surface area contributed by atoms with Gasteiger partial charge in [-0.3, -0.25) is 14.5 Å². The van der Waals surface area contributed by atoms with E-state index in [2.05, 4.69) is 16.4 Å². The second-order valence-electron chi connectivity index (χ2n) is 9.16. The highest BCUT2D eigenvalue weighted by atomic mass is 32.1. The average molecular weight is 488 g/mol. The van der Waals surface area contributed by atoms with E-state index in [-0.39, 0.29) is 18.4 Å². The Balaban J connectivity index is 1.06. The molecule has 0 radical (unpaired) electrons. The minimum absolute atomic E-state index is 0.191. The summed E-state index contributed by atoms with van der Waals surface area (Å²) in [7, 11) is 0. The summed E-state index contributed by atoms with van der Waals surface area (Å²) in [4.78, 5) is 49.3. The first-order chi connectivity index (χ1) is 17.1. The van der Waals surface area contributed by atoms with Gasteiger partial charge in [0.2, 0.25) is 5.91 Å². The summed E-state index contributed by atoms with van der Waals surface area (Å²) >= 11 is 1.72. The molecular weight excluding hydrogens is 462 g/mol. The minimum Gasteiger partial charge on any atom is -0.361 e. The van der Waals surface area contributed by atoms with Crippen LogP contribution in [0.25, 0.3) is 21.1 Å². The molecule has 0 aliphatic carbocycles. The van der Waals surface area contributed by atoms with Gasteiger partial charge in [0.15, 0.2) is 0 Å². The number of hydrogen-bond donors (Lipinski definition) is 2. The zero-order valence-electron chi connectivity index (χ0n) is 19.1.